The van der Waals surface area contributed by atoms with Gasteiger partial charge < -0.3 is 20.1 Å². The number of amides is 1. The highest BCUT2D eigenvalue weighted by atomic mass is 35.5. The van der Waals surface area contributed by atoms with Crippen LogP contribution in [0.3, 0.4) is 0 Å². The molecule has 1 aliphatic heterocycles. The number of fused-ring (bicyclic) bond motifs is 1. The topological polar surface area (TPSA) is 64.8 Å². The molecule has 0 aromatic heterocycles. The van der Waals surface area contributed by atoms with Crippen molar-refractivity contribution in [3.05, 3.63) is 23.8 Å². The number of halogens is 1. The minimum absolute atomic E-state index is 0. The predicted molar refractivity (Wildman–Crippen MR) is 110 cm³/mol. The van der Waals surface area contributed by atoms with Gasteiger partial charge in [0.25, 0.3) is 0 Å². The zero-order valence-corrected chi connectivity index (χ0v) is 17.3. The maximum Gasteiger partial charge on any atom is 0.227 e. The summed E-state index contributed by atoms with van der Waals surface area (Å²) in [5, 5.41) is 0. The van der Waals surface area contributed by atoms with Gasteiger partial charge in [0.05, 0.1) is 19.6 Å². The van der Waals surface area contributed by atoms with Crippen LogP contribution in [0.5, 0.6) is 11.5 Å². The molecule has 6 heteroatoms. The SMILES string of the molecule is CCCOc1ccc(CC(=O)N2CC3CCC(N)C3C2)cc1OCCC.Cl. The van der Waals surface area contributed by atoms with Gasteiger partial charge in [0.15, 0.2) is 11.5 Å². The molecule has 3 atom stereocenters. The van der Waals surface area contributed by atoms with Crippen molar-refractivity contribution in [1.29, 1.82) is 0 Å². The van der Waals surface area contributed by atoms with Crippen LogP contribution in [0.15, 0.2) is 18.2 Å². The normalized spacial score (nSPS) is 23.7. The Morgan fingerprint density at radius 1 is 1.11 bits per heavy atom. The highest BCUT2D eigenvalue weighted by Gasteiger charge is 2.42. The first kappa shape index (κ1) is 21.8. The molecule has 1 heterocycles. The van der Waals surface area contributed by atoms with Crippen LogP contribution in [0.1, 0.15) is 45.1 Å². The Balaban J connectivity index is 0.00000261. The van der Waals surface area contributed by atoms with Crippen LogP contribution >= 0.6 is 12.4 Å². The van der Waals surface area contributed by atoms with E-state index < -0.39 is 0 Å². The largest absolute Gasteiger partial charge is 0.490 e. The number of nitrogens with zero attached hydrogens (tertiary/aromatic N) is 1. The van der Waals surface area contributed by atoms with E-state index in [-0.39, 0.29) is 24.4 Å². The standard InChI is InChI=1S/C21H32N2O3.ClH/c1-3-9-25-19-8-5-15(11-20(19)26-10-4-2)12-21(24)23-13-16-6-7-18(22)17(16)14-23;/h5,8,11,16-18H,3-4,6-7,9-10,12-14,22H2,1-2H3;1H. The van der Waals surface area contributed by atoms with E-state index in [9.17, 15) is 4.79 Å². The molecule has 1 aromatic carbocycles. The van der Waals surface area contributed by atoms with Crippen LogP contribution in [0.4, 0.5) is 0 Å². The van der Waals surface area contributed by atoms with Crippen LogP contribution < -0.4 is 15.2 Å². The fourth-order valence-electron chi connectivity index (χ4n) is 4.12. The van der Waals surface area contributed by atoms with Gasteiger partial charge >= 0.3 is 0 Å². The first-order valence-electron chi connectivity index (χ1n) is 10.0. The van der Waals surface area contributed by atoms with Gasteiger partial charge in [0.1, 0.15) is 0 Å². The van der Waals surface area contributed by atoms with Gasteiger partial charge in [-0.05, 0) is 55.2 Å². The van der Waals surface area contributed by atoms with Crippen molar-refractivity contribution in [3.8, 4) is 11.5 Å². The molecule has 3 rings (SSSR count). The summed E-state index contributed by atoms with van der Waals surface area (Å²) in [5.74, 6) is 2.79. The van der Waals surface area contributed by atoms with Crippen molar-refractivity contribution in [1.82, 2.24) is 4.90 Å². The second-order valence-electron chi connectivity index (χ2n) is 7.62. The third-order valence-corrected chi connectivity index (χ3v) is 5.55. The molecule has 5 nitrogen and oxygen atoms in total. The summed E-state index contributed by atoms with van der Waals surface area (Å²) in [6, 6.07) is 6.13. The number of ether oxygens (including phenoxy) is 2. The van der Waals surface area contributed by atoms with Crippen molar-refractivity contribution in [2.24, 2.45) is 17.6 Å². The van der Waals surface area contributed by atoms with E-state index in [0.29, 0.717) is 31.5 Å². The lowest BCUT2D eigenvalue weighted by molar-refractivity contribution is -0.129. The monoisotopic (exact) mass is 396 g/mol. The lowest BCUT2D eigenvalue weighted by Crippen LogP contribution is -2.34. The maximum absolute atomic E-state index is 12.7. The van der Waals surface area contributed by atoms with Gasteiger partial charge in [-0.25, -0.2) is 0 Å². The second-order valence-corrected chi connectivity index (χ2v) is 7.62. The zero-order chi connectivity index (χ0) is 18.5. The number of nitrogens with two attached hydrogens (primary N) is 1. The van der Waals surface area contributed by atoms with Crippen molar-refractivity contribution in [2.45, 2.75) is 52.0 Å². The molecule has 0 bridgehead atoms. The van der Waals surface area contributed by atoms with Crippen molar-refractivity contribution < 1.29 is 14.3 Å². The van der Waals surface area contributed by atoms with E-state index in [1.165, 1.54) is 0 Å². The number of rotatable bonds is 8. The predicted octanol–water partition coefficient (Wildman–Crippen LogP) is 3.42. The summed E-state index contributed by atoms with van der Waals surface area (Å²) in [6.45, 7) is 7.16. The average Bonchev–Trinajstić information content (AvgIpc) is 3.21. The van der Waals surface area contributed by atoms with E-state index in [4.69, 9.17) is 15.2 Å². The Morgan fingerprint density at radius 2 is 1.81 bits per heavy atom. The molecule has 1 saturated carbocycles. The van der Waals surface area contributed by atoms with Gasteiger partial charge in [0.2, 0.25) is 5.91 Å². The van der Waals surface area contributed by atoms with Gasteiger partial charge in [-0.3, -0.25) is 4.79 Å². The van der Waals surface area contributed by atoms with Crippen LogP contribution in [0.2, 0.25) is 0 Å². The first-order valence-corrected chi connectivity index (χ1v) is 10.0. The van der Waals surface area contributed by atoms with E-state index in [1.54, 1.807) is 0 Å². The molecule has 2 aliphatic rings. The van der Waals surface area contributed by atoms with E-state index in [2.05, 4.69) is 13.8 Å². The van der Waals surface area contributed by atoms with E-state index in [0.717, 1.165) is 55.8 Å². The van der Waals surface area contributed by atoms with Crippen LogP contribution in [0.25, 0.3) is 0 Å². The molecule has 0 spiro atoms. The molecular weight excluding hydrogens is 364 g/mol. The summed E-state index contributed by atoms with van der Waals surface area (Å²) in [7, 11) is 0. The minimum atomic E-state index is 0. The Bertz CT molecular complexity index is 625. The Morgan fingerprint density at radius 3 is 2.48 bits per heavy atom. The molecule has 27 heavy (non-hydrogen) atoms. The lowest BCUT2D eigenvalue weighted by Gasteiger charge is -2.19. The van der Waals surface area contributed by atoms with E-state index >= 15 is 0 Å². The van der Waals surface area contributed by atoms with Gasteiger partial charge in [-0.2, -0.15) is 0 Å². The summed E-state index contributed by atoms with van der Waals surface area (Å²) in [5.41, 5.74) is 7.17. The molecule has 1 amide bonds. The number of benzene rings is 1. The second kappa shape index (κ2) is 10.2. The number of hydrogen-bond acceptors (Lipinski definition) is 4. The summed E-state index contributed by atoms with van der Waals surface area (Å²) in [6.07, 6.45) is 4.56. The lowest BCUT2D eigenvalue weighted by atomic mass is 9.98. The Kier molecular flexibility index (Phi) is 8.24. The molecule has 1 aromatic rings. The number of hydrogen-bond donors (Lipinski definition) is 1. The van der Waals surface area contributed by atoms with Crippen LogP contribution in [0, 0.1) is 11.8 Å². The molecule has 1 aliphatic carbocycles. The van der Waals surface area contributed by atoms with Crippen LogP contribution in [-0.4, -0.2) is 43.2 Å². The summed E-state index contributed by atoms with van der Waals surface area (Å²) < 4.78 is 11.6. The van der Waals surface area contributed by atoms with E-state index in [1.807, 2.05) is 23.1 Å². The number of likely N-dealkylation sites (tertiary alicyclic amines) is 1. The van der Waals surface area contributed by atoms with Crippen molar-refractivity contribution in [3.63, 3.8) is 0 Å². The summed E-state index contributed by atoms with van der Waals surface area (Å²) >= 11 is 0. The Hall–Kier alpha value is -1.46. The van der Waals surface area contributed by atoms with Gasteiger partial charge in [-0.1, -0.05) is 19.9 Å². The number of carbonyl (C=O) groups is 1. The smallest absolute Gasteiger partial charge is 0.227 e. The third-order valence-electron chi connectivity index (χ3n) is 5.55. The van der Waals surface area contributed by atoms with Crippen LogP contribution in [-0.2, 0) is 11.2 Å². The highest BCUT2D eigenvalue weighted by Crippen LogP contribution is 2.37. The molecule has 3 unspecified atom stereocenters. The fraction of sp³-hybridized carbons (Fsp3) is 0.667. The van der Waals surface area contributed by atoms with Gasteiger partial charge in [0, 0.05) is 19.1 Å². The molecule has 0 radical (unpaired) electrons. The quantitative estimate of drug-likeness (QED) is 0.731. The van der Waals surface area contributed by atoms with Gasteiger partial charge in [-0.15, -0.1) is 12.4 Å². The average molecular weight is 397 g/mol. The minimum Gasteiger partial charge on any atom is -0.490 e. The highest BCUT2D eigenvalue weighted by molar-refractivity contribution is 5.85. The molecule has 2 N–H and O–H groups in total. The molecular formula is C21H33ClN2O3. The maximum atomic E-state index is 12.7. The fourth-order valence-corrected chi connectivity index (χ4v) is 4.12. The molecule has 1 saturated heterocycles. The first-order chi connectivity index (χ1) is 12.6. The summed E-state index contributed by atoms with van der Waals surface area (Å²) in [4.78, 5) is 14.8. The zero-order valence-electron chi connectivity index (χ0n) is 16.5. The number of carbonyl (C=O) groups excluding carboxylic acids is 1. The third kappa shape index (κ3) is 5.29. The van der Waals surface area contributed by atoms with Crippen molar-refractivity contribution in [2.75, 3.05) is 26.3 Å². The molecule has 152 valence electrons. The Labute approximate surface area is 169 Å². The van der Waals surface area contributed by atoms with Crippen molar-refractivity contribution >= 4 is 18.3 Å². The molecule has 2 fully saturated rings.